The van der Waals surface area contributed by atoms with E-state index in [0.29, 0.717) is 10.3 Å². The maximum absolute atomic E-state index is 6.21. The number of nitrogens with zero attached hydrogens (tertiary/aromatic N) is 1. The number of nitrogens with two attached hydrogens (primary N) is 1. The Morgan fingerprint density at radius 2 is 2.00 bits per heavy atom. The molecular weight excluding hydrogens is 296 g/mol. The van der Waals surface area contributed by atoms with Crippen molar-refractivity contribution < 1.29 is 0 Å². The molecular formula is C14H15ClN2S2. The third-order valence-corrected chi connectivity index (χ3v) is 5.98. The molecule has 19 heavy (non-hydrogen) atoms. The van der Waals surface area contributed by atoms with Crippen LogP contribution in [0, 0.1) is 0 Å². The average Bonchev–Trinajstić information content (AvgIpc) is 3.01. The standard InChI is InChI=1S/C14H15ClN2S2/c15-11-8-4-3-7-10(11)12-13(16)19-14(17-12)18-9-5-1-2-6-9/h3-4,7-9H,1-2,5-6,16H2. The van der Waals surface area contributed by atoms with Gasteiger partial charge < -0.3 is 5.73 Å². The molecule has 3 rings (SSSR count). The summed E-state index contributed by atoms with van der Waals surface area (Å²) in [4.78, 5) is 4.68. The SMILES string of the molecule is Nc1sc(SC2CCCC2)nc1-c1ccccc1Cl. The van der Waals surface area contributed by atoms with Crippen LogP contribution in [0.15, 0.2) is 28.6 Å². The number of nitrogen functional groups attached to an aromatic ring is 1. The fourth-order valence-corrected chi connectivity index (χ4v) is 5.03. The molecule has 0 aliphatic heterocycles. The minimum atomic E-state index is 0.705. The second-order valence-corrected chi connectivity index (χ2v) is 7.68. The van der Waals surface area contributed by atoms with Gasteiger partial charge in [0, 0.05) is 10.8 Å². The van der Waals surface area contributed by atoms with Gasteiger partial charge in [0.2, 0.25) is 0 Å². The molecule has 0 saturated heterocycles. The summed E-state index contributed by atoms with van der Waals surface area (Å²) in [6.45, 7) is 0. The second-order valence-electron chi connectivity index (χ2n) is 4.70. The van der Waals surface area contributed by atoms with Crippen molar-refractivity contribution in [1.29, 1.82) is 0 Å². The average molecular weight is 311 g/mol. The molecule has 0 radical (unpaired) electrons. The molecule has 0 spiro atoms. The zero-order valence-corrected chi connectivity index (χ0v) is 12.8. The van der Waals surface area contributed by atoms with Crippen molar-refractivity contribution in [3.05, 3.63) is 29.3 Å². The highest BCUT2D eigenvalue weighted by atomic mass is 35.5. The summed E-state index contributed by atoms with van der Waals surface area (Å²) in [5.74, 6) is 0. The number of thiazole rings is 1. The lowest BCUT2D eigenvalue weighted by molar-refractivity contribution is 0.886. The molecule has 0 atom stereocenters. The molecule has 1 fully saturated rings. The van der Waals surface area contributed by atoms with Crippen LogP contribution in [-0.4, -0.2) is 10.2 Å². The van der Waals surface area contributed by atoms with E-state index in [1.807, 2.05) is 36.0 Å². The number of aromatic nitrogens is 1. The van der Waals surface area contributed by atoms with Crippen LogP contribution in [0.5, 0.6) is 0 Å². The molecule has 2 nitrogen and oxygen atoms in total. The molecule has 5 heteroatoms. The minimum absolute atomic E-state index is 0.705. The Morgan fingerprint density at radius 3 is 2.74 bits per heavy atom. The smallest absolute Gasteiger partial charge is 0.152 e. The quantitative estimate of drug-likeness (QED) is 0.859. The molecule has 1 saturated carbocycles. The van der Waals surface area contributed by atoms with Crippen LogP contribution >= 0.6 is 34.7 Å². The summed E-state index contributed by atoms with van der Waals surface area (Å²) >= 11 is 9.66. The van der Waals surface area contributed by atoms with Gasteiger partial charge in [-0.25, -0.2) is 4.98 Å². The van der Waals surface area contributed by atoms with Gasteiger partial charge in [0.1, 0.15) is 10.7 Å². The summed E-state index contributed by atoms with van der Waals surface area (Å²) < 4.78 is 1.07. The van der Waals surface area contributed by atoms with E-state index in [1.54, 1.807) is 11.3 Å². The van der Waals surface area contributed by atoms with Crippen molar-refractivity contribution in [1.82, 2.24) is 4.98 Å². The third kappa shape index (κ3) is 2.91. The van der Waals surface area contributed by atoms with Crippen molar-refractivity contribution in [3.8, 4) is 11.3 Å². The first kappa shape index (κ1) is 13.3. The minimum Gasteiger partial charge on any atom is -0.389 e. The van der Waals surface area contributed by atoms with Crippen LogP contribution < -0.4 is 5.73 Å². The van der Waals surface area contributed by atoms with E-state index in [9.17, 15) is 0 Å². The third-order valence-electron chi connectivity index (χ3n) is 3.33. The first-order valence-corrected chi connectivity index (χ1v) is 8.49. The van der Waals surface area contributed by atoms with Crippen LogP contribution in [-0.2, 0) is 0 Å². The molecule has 0 unspecified atom stereocenters. The van der Waals surface area contributed by atoms with Crippen molar-refractivity contribution in [2.45, 2.75) is 35.3 Å². The number of rotatable bonds is 3. The molecule has 2 aromatic rings. The number of halogens is 1. The van der Waals surface area contributed by atoms with Crippen LogP contribution in [0.1, 0.15) is 25.7 Å². The van der Waals surface area contributed by atoms with Gasteiger partial charge >= 0.3 is 0 Å². The lowest BCUT2D eigenvalue weighted by Gasteiger charge is -2.04. The van der Waals surface area contributed by atoms with Gasteiger partial charge in [0.15, 0.2) is 4.34 Å². The predicted molar refractivity (Wildman–Crippen MR) is 85.1 cm³/mol. The van der Waals surface area contributed by atoms with Crippen LogP contribution in [0.25, 0.3) is 11.3 Å². The zero-order valence-electron chi connectivity index (χ0n) is 10.4. The van der Waals surface area contributed by atoms with E-state index in [2.05, 4.69) is 4.98 Å². The van der Waals surface area contributed by atoms with Gasteiger partial charge in [-0.1, -0.05) is 65.7 Å². The van der Waals surface area contributed by atoms with E-state index < -0.39 is 0 Å². The summed E-state index contributed by atoms with van der Waals surface area (Å²) in [5, 5.41) is 2.18. The number of anilines is 1. The Labute approximate surface area is 126 Å². The summed E-state index contributed by atoms with van der Waals surface area (Å²) in [7, 11) is 0. The highest BCUT2D eigenvalue weighted by Gasteiger charge is 2.20. The second kappa shape index (κ2) is 5.73. The number of benzene rings is 1. The largest absolute Gasteiger partial charge is 0.389 e. The molecule has 0 amide bonds. The maximum atomic E-state index is 6.21. The van der Waals surface area contributed by atoms with E-state index in [1.165, 1.54) is 25.7 Å². The van der Waals surface area contributed by atoms with Gasteiger partial charge in [0.05, 0.1) is 5.02 Å². The normalized spacial score (nSPS) is 16.1. The molecule has 2 N–H and O–H groups in total. The summed E-state index contributed by atoms with van der Waals surface area (Å²) in [5.41, 5.74) is 7.86. The van der Waals surface area contributed by atoms with Gasteiger partial charge in [-0.2, -0.15) is 0 Å². The summed E-state index contributed by atoms with van der Waals surface area (Å²) in [6, 6.07) is 7.73. The van der Waals surface area contributed by atoms with E-state index in [-0.39, 0.29) is 0 Å². The molecule has 100 valence electrons. The molecule has 1 heterocycles. The Hall–Kier alpha value is -0.710. The van der Waals surface area contributed by atoms with Crippen molar-refractivity contribution in [3.63, 3.8) is 0 Å². The highest BCUT2D eigenvalue weighted by Crippen LogP contribution is 2.42. The molecule has 1 aliphatic carbocycles. The fraction of sp³-hybridized carbons (Fsp3) is 0.357. The Kier molecular flexibility index (Phi) is 4.01. The van der Waals surface area contributed by atoms with Gasteiger partial charge in [-0.3, -0.25) is 0 Å². The van der Waals surface area contributed by atoms with Crippen molar-refractivity contribution in [2.75, 3.05) is 5.73 Å². The Bertz CT molecular complexity index is 577. The van der Waals surface area contributed by atoms with Crippen LogP contribution in [0.3, 0.4) is 0 Å². The fourth-order valence-electron chi connectivity index (χ4n) is 2.36. The number of hydrogen-bond donors (Lipinski definition) is 1. The lowest BCUT2D eigenvalue weighted by Crippen LogP contribution is -1.92. The maximum Gasteiger partial charge on any atom is 0.152 e. The van der Waals surface area contributed by atoms with Crippen LogP contribution in [0.2, 0.25) is 5.02 Å². The lowest BCUT2D eigenvalue weighted by atomic mass is 10.2. The molecule has 0 bridgehead atoms. The molecule has 1 aromatic carbocycles. The molecule has 1 aliphatic rings. The highest BCUT2D eigenvalue weighted by molar-refractivity contribution is 8.01. The molecule has 1 aromatic heterocycles. The first-order valence-electron chi connectivity index (χ1n) is 6.42. The van der Waals surface area contributed by atoms with E-state index in [0.717, 1.165) is 20.6 Å². The Morgan fingerprint density at radius 1 is 1.26 bits per heavy atom. The summed E-state index contributed by atoms with van der Waals surface area (Å²) in [6.07, 6.45) is 5.28. The van der Waals surface area contributed by atoms with E-state index >= 15 is 0 Å². The monoisotopic (exact) mass is 310 g/mol. The van der Waals surface area contributed by atoms with Crippen molar-refractivity contribution >= 4 is 39.7 Å². The van der Waals surface area contributed by atoms with Gasteiger partial charge in [0.25, 0.3) is 0 Å². The van der Waals surface area contributed by atoms with Gasteiger partial charge in [-0.05, 0) is 18.9 Å². The Balaban J connectivity index is 1.87. The number of hydrogen-bond acceptors (Lipinski definition) is 4. The first-order chi connectivity index (χ1) is 9.24. The zero-order chi connectivity index (χ0) is 13.2. The number of thioether (sulfide) groups is 1. The van der Waals surface area contributed by atoms with Crippen LogP contribution in [0.4, 0.5) is 5.00 Å². The van der Waals surface area contributed by atoms with E-state index in [4.69, 9.17) is 17.3 Å². The van der Waals surface area contributed by atoms with Gasteiger partial charge in [-0.15, -0.1) is 0 Å². The van der Waals surface area contributed by atoms with Crippen molar-refractivity contribution in [2.24, 2.45) is 0 Å². The predicted octanol–water partition coefficient (Wildman–Crippen LogP) is 5.08. The topological polar surface area (TPSA) is 38.9 Å².